The van der Waals surface area contributed by atoms with E-state index in [1.54, 1.807) is 13.8 Å². The summed E-state index contributed by atoms with van der Waals surface area (Å²) in [5, 5.41) is 3.84. The van der Waals surface area contributed by atoms with Gasteiger partial charge in [-0.05, 0) is 26.0 Å². The second-order valence-corrected chi connectivity index (χ2v) is 6.21. The molecule has 126 valence electrons. The first kappa shape index (κ1) is 18.2. The second kappa shape index (κ2) is 6.42. The minimum Gasteiger partial charge on any atom is -0.495 e. The second-order valence-electron chi connectivity index (χ2n) is 5.01. The molecule has 2 rings (SSSR count). The fourth-order valence-electron chi connectivity index (χ4n) is 2.08. The summed E-state index contributed by atoms with van der Waals surface area (Å²) in [6.45, 7) is 3.15. The number of hydrogen-bond donors (Lipinski definition) is 0. The van der Waals surface area contributed by atoms with Crippen molar-refractivity contribution in [1.29, 1.82) is 0 Å². The Bertz CT molecular complexity index is 742. The van der Waals surface area contributed by atoms with Gasteiger partial charge in [0.25, 0.3) is 0 Å². The summed E-state index contributed by atoms with van der Waals surface area (Å²) in [6, 6.07) is 2.24. The van der Waals surface area contributed by atoms with Crippen molar-refractivity contribution in [2.24, 2.45) is 0 Å². The highest BCUT2D eigenvalue weighted by molar-refractivity contribution is 6.38. The predicted molar refractivity (Wildman–Crippen MR) is 84.6 cm³/mol. The smallest absolute Gasteiger partial charge is 0.434 e. The minimum absolute atomic E-state index is 0.0762. The number of ether oxygens (including phenoxy) is 1. The van der Waals surface area contributed by atoms with E-state index in [-0.39, 0.29) is 27.1 Å². The van der Waals surface area contributed by atoms with Crippen molar-refractivity contribution in [3.8, 4) is 17.0 Å². The van der Waals surface area contributed by atoms with E-state index in [0.717, 1.165) is 4.68 Å². The fraction of sp³-hybridized carbons (Fsp3) is 0.357. The summed E-state index contributed by atoms with van der Waals surface area (Å²) in [6.07, 6.45) is -4.64. The Morgan fingerprint density at radius 2 is 1.74 bits per heavy atom. The average molecular weight is 388 g/mol. The molecule has 0 aliphatic carbocycles. The molecule has 2 aromatic rings. The summed E-state index contributed by atoms with van der Waals surface area (Å²) in [5.74, 6) is 0.259. The monoisotopic (exact) mass is 386 g/mol. The van der Waals surface area contributed by atoms with Crippen LogP contribution in [0.1, 0.15) is 25.6 Å². The molecule has 0 radical (unpaired) electrons. The van der Waals surface area contributed by atoms with Crippen molar-refractivity contribution in [3.63, 3.8) is 0 Å². The van der Waals surface area contributed by atoms with Crippen molar-refractivity contribution >= 4 is 34.8 Å². The Balaban J connectivity index is 2.76. The van der Waals surface area contributed by atoms with Gasteiger partial charge < -0.3 is 4.74 Å². The molecule has 1 heterocycles. The molecule has 9 heteroatoms. The van der Waals surface area contributed by atoms with Crippen molar-refractivity contribution < 1.29 is 17.9 Å². The number of methoxy groups -OCH3 is 1. The van der Waals surface area contributed by atoms with E-state index in [9.17, 15) is 13.2 Å². The Hall–Kier alpha value is -1.11. The van der Waals surface area contributed by atoms with Crippen LogP contribution in [-0.2, 0) is 6.18 Å². The van der Waals surface area contributed by atoms with E-state index >= 15 is 0 Å². The number of benzene rings is 1. The summed E-state index contributed by atoms with van der Waals surface area (Å²) >= 11 is 18.0. The van der Waals surface area contributed by atoms with Crippen LogP contribution >= 0.6 is 34.8 Å². The maximum atomic E-state index is 13.3. The summed E-state index contributed by atoms with van der Waals surface area (Å²) in [7, 11) is 1.38. The quantitative estimate of drug-likeness (QED) is 0.634. The molecule has 1 aromatic heterocycles. The average Bonchev–Trinajstić information content (AvgIpc) is 2.77. The third-order valence-electron chi connectivity index (χ3n) is 3.11. The Kier molecular flexibility index (Phi) is 5.09. The van der Waals surface area contributed by atoms with Gasteiger partial charge >= 0.3 is 6.18 Å². The van der Waals surface area contributed by atoms with Crippen molar-refractivity contribution in [2.45, 2.75) is 26.1 Å². The normalized spacial score (nSPS) is 12.1. The highest BCUT2D eigenvalue weighted by Gasteiger charge is 2.40. The van der Waals surface area contributed by atoms with E-state index in [2.05, 4.69) is 5.10 Å². The lowest BCUT2D eigenvalue weighted by atomic mass is 10.1. The van der Waals surface area contributed by atoms with Crippen LogP contribution in [0.4, 0.5) is 13.2 Å². The van der Waals surface area contributed by atoms with Crippen LogP contribution in [0.2, 0.25) is 15.1 Å². The molecule has 3 nitrogen and oxygen atoms in total. The first-order valence-electron chi connectivity index (χ1n) is 6.46. The topological polar surface area (TPSA) is 27.1 Å². The standard InChI is InChI=1S/C14H12Cl3F3N2O/c1-6(2)22-13(14(18,19)20)11(17)12(21-22)7-4-10(23-3)9(16)5-8(7)15/h4-6H,1-3H3. The van der Waals surface area contributed by atoms with Crippen LogP contribution in [0.3, 0.4) is 0 Å². The van der Waals surface area contributed by atoms with Crippen LogP contribution in [0.5, 0.6) is 5.75 Å². The molecule has 0 amide bonds. The molecular formula is C14H12Cl3F3N2O. The van der Waals surface area contributed by atoms with Gasteiger partial charge in [-0.15, -0.1) is 0 Å². The number of aromatic nitrogens is 2. The molecule has 0 unspecified atom stereocenters. The zero-order valence-electron chi connectivity index (χ0n) is 12.3. The molecule has 0 aliphatic heterocycles. The van der Waals surface area contributed by atoms with Crippen LogP contribution < -0.4 is 4.74 Å². The van der Waals surface area contributed by atoms with E-state index < -0.39 is 22.9 Å². The van der Waals surface area contributed by atoms with Crippen LogP contribution in [0.25, 0.3) is 11.3 Å². The van der Waals surface area contributed by atoms with Gasteiger partial charge in [0, 0.05) is 11.6 Å². The number of nitrogens with zero attached hydrogens (tertiary/aromatic N) is 2. The zero-order chi connectivity index (χ0) is 17.5. The Morgan fingerprint density at radius 1 is 1.13 bits per heavy atom. The Morgan fingerprint density at radius 3 is 2.17 bits per heavy atom. The summed E-state index contributed by atoms with van der Waals surface area (Å²) < 4.78 is 45.7. The molecule has 0 aliphatic rings. The number of hydrogen-bond acceptors (Lipinski definition) is 2. The summed E-state index contributed by atoms with van der Waals surface area (Å²) in [5.41, 5.74) is -0.885. The van der Waals surface area contributed by atoms with Gasteiger partial charge in [-0.25, -0.2) is 0 Å². The molecule has 0 saturated carbocycles. The van der Waals surface area contributed by atoms with Gasteiger partial charge in [0.05, 0.1) is 22.2 Å². The molecule has 23 heavy (non-hydrogen) atoms. The van der Waals surface area contributed by atoms with Crippen molar-refractivity contribution in [1.82, 2.24) is 9.78 Å². The highest BCUT2D eigenvalue weighted by atomic mass is 35.5. The molecule has 0 spiro atoms. The third-order valence-corrected chi connectivity index (χ3v) is 4.07. The largest absolute Gasteiger partial charge is 0.495 e. The lowest BCUT2D eigenvalue weighted by Crippen LogP contribution is -2.16. The fourth-order valence-corrected chi connectivity index (χ4v) is 2.96. The molecule has 0 saturated heterocycles. The Labute approximate surface area is 145 Å². The van der Waals surface area contributed by atoms with Gasteiger partial charge in [-0.2, -0.15) is 18.3 Å². The highest BCUT2D eigenvalue weighted by Crippen LogP contribution is 2.44. The van der Waals surface area contributed by atoms with E-state index in [1.165, 1.54) is 19.2 Å². The molecule has 0 bridgehead atoms. The number of halogens is 6. The van der Waals surface area contributed by atoms with E-state index in [4.69, 9.17) is 39.5 Å². The van der Waals surface area contributed by atoms with Crippen molar-refractivity contribution in [3.05, 3.63) is 32.9 Å². The van der Waals surface area contributed by atoms with Gasteiger partial charge in [-0.3, -0.25) is 4.68 Å². The first-order valence-corrected chi connectivity index (χ1v) is 7.59. The summed E-state index contributed by atoms with van der Waals surface area (Å²) in [4.78, 5) is 0. The van der Waals surface area contributed by atoms with Crippen molar-refractivity contribution in [2.75, 3.05) is 7.11 Å². The first-order chi connectivity index (χ1) is 10.6. The third kappa shape index (κ3) is 3.39. The SMILES string of the molecule is COc1cc(-c2nn(C(C)C)c(C(F)(F)F)c2Cl)c(Cl)cc1Cl. The maximum Gasteiger partial charge on any atom is 0.434 e. The van der Waals surface area contributed by atoms with E-state index in [0.29, 0.717) is 0 Å². The lowest BCUT2D eigenvalue weighted by Gasteiger charge is -2.13. The van der Waals surface area contributed by atoms with Gasteiger partial charge in [0.1, 0.15) is 11.4 Å². The molecule has 0 fully saturated rings. The lowest BCUT2D eigenvalue weighted by molar-refractivity contribution is -0.144. The zero-order valence-corrected chi connectivity index (χ0v) is 14.6. The van der Waals surface area contributed by atoms with Crippen LogP contribution in [0.15, 0.2) is 12.1 Å². The molecule has 1 aromatic carbocycles. The predicted octanol–water partition coefficient (Wildman–Crippen LogP) is 6.12. The van der Waals surface area contributed by atoms with Gasteiger partial charge in [-0.1, -0.05) is 34.8 Å². The number of rotatable bonds is 3. The minimum atomic E-state index is -4.64. The maximum absolute atomic E-state index is 13.3. The van der Waals surface area contributed by atoms with Crippen LogP contribution in [0, 0.1) is 0 Å². The molecular weight excluding hydrogens is 376 g/mol. The van der Waals surface area contributed by atoms with Gasteiger partial charge in [0.15, 0.2) is 5.69 Å². The van der Waals surface area contributed by atoms with Crippen LogP contribution in [-0.4, -0.2) is 16.9 Å². The van der Waals surface area contributed by atoms with E-state index in [1.807, 2.05) is 0 Å². The van der Waals surface area contributed by atoms with Gasteiger partial charge in [0.2, 0.25) is 0 Å². The molecule has 0 N–H and O–H groups in total. The molecule has 0 atom stereocenters. The number of alkyl halides is 3.